The van der Waals surface area contributed by atoms with Crippen LogP contribution in [0.3, 0.4) is 0 Å². The first-order valence-corrected chi connectivity index (χ1v) is 9.10. The second-order valence-electron chi connectivity index (χ2n) is 6.82. The Morgan fingerprint density at radius 3 is 2.54 bits per heavy atom. The first-order valence-electron chi connectivity index (χ1n) is 9.10. The van der Waals surface area contributed by atoms with Crippen LogP contribution in [0.25, 0.3) is 21.9 Å². The van der Waals surface area contributed by atoms with E-state index >= 15 is 0 Å². The lowest BCUT2D eigenvalue weighted by atomic mass is 9.96. The van der Waals surface area contributed by atoms with Crippen LogP contribution in [-0.4, -0.2) is 11.1 Å². The van der Waals surface area contributed by atoms with Crippen molar-refractivity contribution in [1.29, 1.82) is 5.26 Å². The monoisotopic (exact) mass is 343 g/mol. The Labute approximate surface area is 153 Å². The van der Waals surface area contributed by atoms with Crippen molar-refractivity contribution >= 4 is 16.5 Å². The van der Waals surface area contributed by atoms with E-state index in [2.05, 4.69) is 11.1 Å². The molecule has 4 rings (SSSR count). The molecule has 1 saturated carbocycles. The van der Waals surface area contributed by atoms with Gasteiger partial charge < -0.3 is 10.5 Å². The highest BCUT2D eigenvalue weighted by Crippen LogP contribution is 2.36. The van der Waals surface area contributed by atoms with Crippen molar-refractivity contribution in [2.75, 3.05) is 5.73 Å². The van der Waals surface area contributed by atoms with Gasteiger partial charge in [0.25, 0.3) is 0 Å². The van der Waals surface area contributed by atoms with E-state index in [9.17, 15) is 5.26 Å². The van der Waals surface area contributed by atoms with Crippen LogP contribution in [0.5, 0.6) is 5.88 Å². The molecule has 1 aromatic heterocycles. The van der Waals surface area contributed by atoms with Crippen molar-refractivity contribution in [2.45, 2.75) is 38.2 Å². The first kappa shape index (κ1) is 16.4. The lowest BCUT2D eigenvalue weighted by Gasteiger charge is -2.23. The van der Waals surface area contributed by atoms with Crippen molar-refractivity contribution in [1.82, 2.24) is 4.98 Å². The molecule has 1 aliphatic carbocycles. The summed E-state index contributed by atoms with van der Waals surface area (Å²) in [6, 6.07) is 15.8. The second kappa shape index (κ2) is 7.05. The number of nitrogen functional groups attached to an aromatic ring is 1. The molecule has 1 fully saturated rings. The van der Waals surface area contributed by atoms with E-state index in [1.54, 1.807) is 0 Å². The predicted molar refractivity (Wildman–Crippen MR) is 104 cm³/mol. The zero-order valence-corrected chi connectivity index (χ0v) is 14.6. The molecule has 0 saturated heterocycles. The van der Waals surface area contributed by atoms with Gasteiger partial charge in [-0.05, 0) is 54.8 Å². The van der Waals surface area contributed by atoms with E-state index in [4.69, 9.17) is 10.5 Å². The van der Waals surface area contributed by atoms with Gasteiger partial charge in [0.1, 0.15) is 6.10 Å². The van der Waals surface area contributed by atoms with Crippen LogP contribution in [0.2, 0.25) is 0 Å². The largest absolute Gasteiger partial charge is 0.474 e. The van der Waals surface area contributed by atoms with Crippen LogP contribution in [0.1, 0.15) is 37.7 Å². The fourth-order valence-electron chi connectivity index (χ4n) is 3.68. The maximum Gasteiger partial charge on any atom is 0.222 e. The maximum absolute atomic E-state index is 9.61. The van der Waals surface area contributed by atoms with Crippen molar-refractivity contribution in [3.8, 4) is 23.1 Å². The molecule has 4 heteroatoms. The molecule has 0 bridgehead atoms. The summed E-state index contributed by atoms with van der Waals surface area (Å²) >= 11 is 0. The number of hydrogen-bond acceptors (Lipinski definition) is 4. The summed E-state index contributed by atoms with van der Waals surface area (Å²) in [7, 11) is 0. The fourth-order valence-corrected chi connectivity index (χ4v) is 3.68. The summed E-state index contributed by atoms with van der Waals surface area (Å²) < 4.78 is 6.24. The molecule has 0 atom stereocenters. The quantitative estimate of drug-likeness (QED) is 0.674. The van der Waals surface area contributed by atoms with Gasteiger partial charge in [-0.2, -0.15) is 5.26 Å². The van der Waals surface area contributed by atoms with Gasteiger partial charge in [0.15, 0.2) is 0 Å². The van der Waals surface area contributed by atoms with Crippen molar-refractivity contribution in [3.05, 3.63) is 54.2 Å². The van der Waals surface area contributed by atoms with Crippen LogP contribution >= 0.6 is 0 Å². The molecule has 130 valence electrons. The number of benzene rings is 2. The molecule has 0 unspecified atom stereocenters. The van der Waals surface area contributed by atoms with Gasteiger partial charge in [0, 0.05) is 17.4 Å². The summed E-state index contributed by atoms with van der Waals surface area (Å²) in [4.78, 5) is 4.60. The average molecular weight is 343 g/mol. The third-order valence-corrected chi connectivity index (χ3v) is 5.05. The molecular weight excluding hydrogens is 322 g/mol. The van der Waals surface area contributed by atoms with Crippen LogP contribution in [-0.2, 0) is 0 Å². The van der Waals surface area contributed by atoms with Gasteiger partial charge >= 0.3 is 0 Å². The highest BCUT2D eigenvalue weighted by atomic mass is 16.5. The Morgan fingerprint density at radius 2 is 1.81 bits per heavy atom. The highest BCUT2D eigenvalue weighted by molar-refractivity contribution is 6.01. The van der Waals surface area contributed by atoms with Gasteiger partial charge in [0.2, 0.25) is 5.88 Å². The van der Waals surface area contributed by atoms with Crippen molar-refractivity contribution in [3.63, 3.8) is 0 Å². The van der Waals surface area contributed by atoms with E-state index in [1.807, 2.05) is 48.7 Å². The molecule has 2 aromatic carbocycles. The number of pyridine rings is 1. The minimum Gasteiger partial charge on any atom is -0.474 e. The standard InChI is InChI=1S/C22H21N3O/c23-13-16-5-4-8-19-20(15-9-11-17(24)12-10-15)14-25-22(21(16)19)26-18-6-2-1-3-7-18/h4-5,8-12,14,18H,1-3,6-7,24H2. The highest BCUT2D eigenvalue weighted by Gasteiger charge is 2.19. The molecule has 3 aromatic rings. The van der Waals surface area contributed by atoms with Crippen LogP contribution in [0, 0.1) is 11.3 Å². The molecule has 1 aliphatic rings. The number of aromatic nitrogens is 1. The Morgan fingerprint density at radius 1 is 1.04 bits per heavy atom. The van der Waals surface area contributed by atoms with E-state index in [0.29, 0.717) is 11.4 Å². The summed E-state index contributed by atoms with van der Waals surface area (Å²) in [5.74, 6) is 0.572. The summed E-state index contributed by atoms with van der Waals surface area (Å²) in [6.07, 6.45) is 7.79. The minimum absolute atomic E-state index is 0.188. The Hall–Kier alpha value is -3.06. The summed E-state index contributed by atoms with van der Waals surface area (Å²) in [5, 5.41) is 11.4. The van der Waals surface area contributed by atoms with Crippen molar-refractivity contribution in [2.24, 2.45) is 0 Å². The molecule has 1 heterocycles. The Bertz CT molecular complexity index is 967. The van der Waals surface area contributed by atoms with Crippen LogP contribution in [0.15, 0.2) is 48.7 Å². The van der Waals surface area contributed by atoms with E-state index in [1.165, 1.54) is 19.3 Å². The molecule has 26 heavy (non-hydrogen) atoms. The number of nitrogens with zero attached hydrogens (tertiary/aromatic N) is 2. The normalized spacial score (nSPS) is 14.9. The molecule has 2 N–H and O–H groups in total. The van der Waals surface area contributed by atoms with Gasteiger partial charge in [0.05, 0.1) is 17.0 Å². The number of hydrogen-bond donors (Lipinski definition) is 1. The van der Waals surface area contributed by atoms with Crippen LogP contribution < -0.4 is 10.5 Å². The van der Waals surface area contributed by atoms with Gasteiger partial charge in [-0.1, -0.05) is 30.7 Å². The fraction of sp³-hybridized carbons (Fsp3) is 0.273. The third-order valence-electron chi connectivity index (χ3n) is 5.05. The maximum atomic E-state index is 9.61. The van der Waals surface area contributed by atoms with Crippen LogP contribution in [0.4, 0.5) is 5.69 Å². The van der Waals surface area contributed by atoms with Gasteiger partial charge in [-0.15, -0.1) is 0 Å². The number of ether oxygens (including phenoxy) is 1. The van der Waals surface area contributed by atoms with E-state index < -0.39 is 0 Å². The predicted octanol–water partition coefficient (Wildman–Crippen LogP) is 5.07. The zero-order valence-electron chi connectivity index (χ0n) is 14.6. The van der Waals surface area contributed by atoms with E-state index in [0.717, 1.165) is 40.4 Å². The molecule has 0 aliphatic heterocycles. The summed E-state index contributed by atoms with van der Waals surface area (Å²) in [5.41, 5.74) is 9.13. The SMILES string of the molecule is N#Cc1cccc2c(-c3ccc(N)cc3)cnc(OC3CCCCC3)c12. The number of nitrogens with two attached hydrogens (primary N) is 1. The lowest BCUT2D eigenvalue weighted by Crippen LogP contribution is -2.20. The van der Waals surface area contributed by atoms with Gasteiger partial charge in [-0.3, -0.25) is 0 Å². The second-order valence-corrected chi connectivity index (χ2v) is 6.82. The molecule has 0 spiro atoms. The summed E-state index contributed by atoms with van der Waals surface area (Å²) in [6.45, 7) is 0. The lowest BCUT2D eigenvalue weighted by molar-refractivity contribution is 0.151. The van der Waals surface area contributed by atoms with E-state index in [-0.39, 0.29) is 6.10 Å². The third kappa shape index (κ3) is 3.09. The molecular formula is C22H21N3O. The topological polar surface area (TPSA) is 71.9 Å². The smallest absolute Gasteiger partial charge is 0.222 e. The van der Waals surface area contributed by atoms with Crippen molar-refractivity contribution < 1.29 is 4.74 Å². The number of nitriles is 1. The average Bonchev–Trinajstić information content (AvgIpc) is 2.69. The number of anilines is 1. The minimum atomic E-state index is 0.188. The first-order chi connectivity index (χ1) is 12.8. The Kier molecular flexibility index (Phi) is 4.45. The number of fused-ring (bicyclic) bond motifs is 1. The Balaban J connectivity index is 1.85. The van der Waals surface area contributed by atoms with Gasteiger partial charge in [-0.25, -0.2) is 4.98 Å². The molecule has 0 radical (unpaired) electrons. The molecule has 4 nitrogen and oxygen atoms in total. The molecule has 0 amide bonds. The number of rotatable bonds is 3. The zero-order chi connectivity index (χ0) is 17.9.